The number of ether oxygens (including phenoxy) is 1. The second-order valence-electron chi connectivity index (χ2n) is 3.35. The van der Waals surface area contributed by atoms with E-state index in [0.29, 0.717) is 5.69 Å². The molecule has 0 unspecified atom stereocenters. The van der Waals surface area contributed by atoms with Gasteiger partial charge in [0.1, 0.15) is 5.75 Å². The van der Waals surface area contributed by atoms with Crippen molar-refractivity contribution in [2.24, 2.45) is 0 Å². The molecule has 0 aromatic heterocycles. The molecule has 0 saturated heterocycles. The van der Waals surface area contributed by atoms with Gasteiger partial charge in [0.2, 0.25) is 0 Å². The van der Waals surface area contributed by atoms with Gasteiger partial charge in [0.15, 0.2) is 0 Å². The summed E-state index contributed by atoms with van der Waals surface area (Å²) in [6, 6.07) is 6.75. The first-order valence-electron chi connectivity index (χ1n) is 5.59. The number of nitrogens with one attached hydrogen (secondary N) is 1. The highest BCUT2D eigenvalue weighted by Crippen LogP contribution is 2.25. The van der Waals surface area contributed by atoms with Crippen molar-refractivity contribution in [3.05, 3.63) is 24.3 Å². The van der Waals surface area contributed by atoms with Gasteiger partial charge in [-0.05, 0) is 30.1 Å². The Kier molecular flexibility index (Phi) is 6.77. The second kappa shape index (κ2) is 8.17. The number of anilines is 1. The van der Waals surface area contributed by atoms with Crippen LogP contribution in [-0.4, -0.2) is 24.7 Å². The van der Waals surface area contributed by atoms with Gasteiger partial charge in [0.05, 0.1) is 5.69 Å². The molecule has 2 nitrogen and oxygen atoms in total. The molecule has 0 heterocycles. The molecule has 0 amide bonds. The van der Waals surface area contributed by atoms with Crippen LogP contribution in [0.5, 0.6) is 5.75 Å². The van der Waals surface area contributed by atoms with Crippen molar-refractivity contribution in [2.45, 2.75) is 20.0 Å². The van der Waals surface area contributed by atoms with Gasteiger partial charge >= 0.3 is 6.61 Å². The topological polar surface area (TPSA) is 21.3 Å². The first-order chi connectivity index (χ1) is 8.24. The number of hydrogen-bond acceptors (Lipinski definition) is 3. The summed E-state index contributed by atoms with van der Waals surface area (Å²) in [6.07, 6.45) is 1.00. The lowest BCUT2D eigenvalue weighted by molar-refractivity contribution is -0.0493. The third-order valence-corrected chi connectivity index (χ3v) is 3.07. The molecule has 1 rings (SSSR count). The third kappa shape index (κ3) is 5.77. The van der Waals surface area contributed by atoms with Gasteiger partial charge in [-0.15, -0.1) is 0 Å². The van der Waals surface area contributed by atoms with E-state index in [0.717, 1.165) is 24.5 Å². The van der Waals surface area contributed by atoms with Crippen LogP contribution in [0.2, 0.25) is 0 Å². The van der Waals surface area contributed by atoms with Crippen molar-refractivity contribution in [1.82, 2.24) is 0 Å². The van der Waals surface area contributed by atoms with Crippen LogP contribution < -0.4 is 10.1 Å². The minimum absolute atomic E-state index is 0.200. The molecule has 0 aliphatic carbocycles. The molecule has 1 aromatic rings. The van der Waals surface area contributed by atoms with Gasteiger partial charge in [-0.3, -0.25) is 0 Å². The summed E-state index contributed by atoms with van der Waals surface area (Å²) in [5.41, 5.74) is 0.620. The van der Waals surface area contributed by atoms with Crippen LogP contribution in [0.4, 0.5) is 14.5 Å². The Bertz CT molecular complexity index is 323. The standard InChI is InChI=1S/C12H17F2NOS/c1-2-17-9-5-8-15-10-6-3-4-7-11(10)16-12(13)14/h3-4,6-7,12,15H,2,5,8-9H2,1H3. The fourth-order valence-electron chi connectivity index (χ4n) is 1.35. The van der Waals surface area contributed by atoms with Gasteiger partial charge in [-0.2, -0.15) is 20.5 Å². The Hall–Kier alpha value is -0.970. The van der Waals surface area contributed by atoms with Crippen molar-refractivity contribution >= 4 is 17.4 Å². The predicted octanol–water partition coefficient (Wildman–Crippen LogP) is 3.84. The average molecular weight is 261 g/mol. The minimum atomic E-state index is -2.78. The van der Waals surface area contributed by atoms with E-state index in [9.17, 15) is 8.78 Å². The first-order valence-corrected chi connectivity index (χ1v) is 6.75. The van der Waals surface area contributed by atoms with Crippen molar-refractivity contribution in [3.63, 3.8) is 0 Å². The maximum Gasteiger partial charge on any atom is 0.387 e. The summed E-state index contributed by atoms with van der Waals surface area (Å²) in [7, 11) is 0. The number of halogens is 2. The number of rotatable bonds is 8. The summed E-state index contributed by atoms with van der Waals surface area (Å²) in [4.78, 5) is 0. The van der Waals surface area contributed by atoms with Crippen LogP contribution >= 0.6 is 11.8 Å². The van der Waals surface area contributed by atoms with E-state index in [2.05, 4.69) is 17.0 Å². The van der Waals surface area contributed by atoms with Crippen LogP contribution in [-0.2, 0) is 0 Å². The Labute approximate surface area is 105 Å². The lowest BCUT2D eigenvalue weighted by Crippen LogP contribution is -2.07. The van der Waals surface area contributed by atoms with E-state index in [1.165, 1.54) is 6.07 Å². The molecule has 0 spiro atoms. The molecular weight excluding hydrogens is 244 g/mol. The second-order valence-corrected chi connectivity index (χ2v) is 4.75. The number of alkyl halides is 2. The molecule has 1 aromatic carbocycles. The molecule has 96 valence electrons. The molecule has 0 aliphatic heterocycles. The van der Waals surface area contributed by atoms with E-state index < -0.39 is 6.61 Å². The average Bonchev–Trinajstić information content (AvgIpc) is 2.30. The molecule has 5 heteroatoms. The molecule has 0 aliphatic rings. The highest BCUT2D eigenvalue weighted by atomic mass is 32.2. The minimum Gasteiger partial charge on any atom is -0.433 e. The molecule has 0 radical (unpaired) electrons. The number of para-hydroxylation sites is 2. The van der Waals surface area contributed by atoms with E-state index in [-0.39, 0.29) is 5.75 Å². The third-order valence-electron chi connectivity index (χ3n) is 2.09. The molecule has 0 atom stereocenters. The zero-order valence-electron chi connectivity index (χ0n) is 9.79. The van der Waals surface area contributed by atoms with Crippen molar-refractivity contribution < 1.29 is 13.5 Å². The number of hydrogen-bond donors (Lipinski definition) is 1. The van der Waals surface area contributed by atoms with Crippen LogP contribution in [0.3, 0.4) is 0 Å². The normalized spacial score (nSPS) is 10.6. The molecule has 0 bridgehead atoms. The zero-order chi connectivity index (χ0) is 12.5. The SMILES string of the molecule is CCSCCCNc1ccccc1OC(F)F. The Morgan fingerprint density at radius 3 is 2.82 bits per heavy atom. The maximum absolute atomic E-state index is 12.1. The number of benzene rings is 1. The Morgan fingerprint density at radius 2 is 2.12 bits per heavy atom. The largest absolute Gasteiger partial charge is 0.433 e. The van der Waals surface area contributed by atoms with Crippen LogP contribution in [0, 0.1) is 0 Å². The summed E-state index contributed by atoms with van der Waals surface area (Å²) < 4.78 is 28.7. The summed E-state index contributed by atoms with van der Waals surface area (Å²) in [5, 5.41) is 3.11. The first kappa shape index (κ1) is 14.1. The molecule has 1 N–H and O–H groups in total. The lowest BCUT2D eigenvalue weighted by Gasteiger charge is -2.12. The Morgan fingerprint density at radius 1 is 1.35 bits per heavy atom. The fraction of sp³-hybridized carbons (Fsp3) is 0.500. The summed E-state index contributed by atoms with van der Waals surface area (Å²) in [6.45, 7) is 0.0918. The molecule has 17 heavy (non-hydrogen) atoms. The van der Waals surface area contributed by atoms with Gasteiger partial charge in [-0.1, -0.05) is 19.1 Å². The van der Waals surface area contributed by atoms with Crippen LogP contribution in [0.1, 0.15) is 13.3 Å². The lowest BCUT2D eigenvalue weighted by atomic mass is 10.3. The van der Waals surface area contributed by atoms with Crippen LogP contribution in [0.25, 0.3) is 0 Å². The molecule has 0 fully saturated rings. The van der Waals surface area contributed by atoms with Gasteiger partial charge in [0, 0.05) is 6.54 Å². The van der Waals surface area contributed by atoms with Gasteiger partial charge in [0.25, 0.3) is 0 Å². The molecular formula is C12H17F2NOS. The molecule has 0 saturated carbocycles. The van der Waals surface area contributed by atoms with Crippen molar-refractivity contribution in [3.8, 4) is 5.75 Å². The summed E-state index contributed by atoms with van der Waals surface area (Å²) >= 11 is 1.87. The van der Waals surface area contributed by atoms with Gasteiger partial charge < -0.3 is 10.1 Å². The monoisotopic (exact) mass is 261 g/mol. The quantitative estimate of drug-likeness (QED) is 0.718. The van der Waals surface area contributed by atoms with E-state index in [1.807, 2.05) is 11.8 Å². The highest BCUT2D eigenvalue weighted by molar-refractivity contribution is 7.99. The maximum atomic E-state index is 12.1. The van der Waals surface area contributed by atoms with Crippen LogP contribution in [0.15, 0.2) is 24.3 Å². The Balaban J connectivity index is 2.40. The van der Waals surface area contributed by atoms with Gasteiger partial charge in [-0.25, -0.2) is 0 Å². The zero-order valence-corrected chi connectivity index (χ0v) is 10.6. The highest BCUT2D eigenvalue weighted by Gasteiger charge is 2.08. The van der Waals surface area contributed by atoms with E-state index in [1.54, 1.807) is 18.2 Å². The van der Waals surface area contributed by atoms with E-state index >= 15 is 0 Å². The number of thioether (sulfide) groups is 1. The van der Waals surface area contributed by atoms with Crippen molar-refractivity contribution in [2.75, 3.05) is 23.4 Å². The predicted molar refractivity (Wildman–Crippen MR) is 69.2 cm³/mol. The smallest absolute Gasteiger partial charge is 0.387 e. The fourth-order valence-corrected chi connectivity index (χ4v) is 1.99. The van der Waals surface area contributed by atoms with E-state index in [4.69, 9.17) is 0 Å². The summed E-state index contributed by atoms with van der Waals surface area (Å²) in [5.74, 6) is 2.37. The van der Waals surface area contributed by atoms with Crippen molar-refractivity contribution in [1.29, 1.82) is 0 Å².